The first-order valence-corrected chi connectivity index (χ1v) is 5.97. The maximum absolute atomic E-state index is 12.5. The third-order valence-corrected chi connectivity index (χ3v) is 3.83. The summed E-state index contributed by atoms with van der Waals surface area (Å²) in [7, 11) is 0. The second-order valence-electron chi connectivity index (χ2n) is 3.30. The molecule has 1 fully saturated rings. The molecule has 2 rings (SSSR count). The zero-order valence-corrected chi connectivity index (χ0v) is 9.78. The van der Waals surface area contributed by atoms with Crippen LogP contribution >= 0.6 is 27.3 Å². The Morgan fingerprint density at radius 2 is 2.43 bits per heavy atom. The smallest absolute Gasteiger partial charge is 0.228 e. The molecule has 0 N–H and O–H groups in total. The summed E-state index contributed by atoms with van der Waals surface area (Å²) in [5, 5.41) is 1.94. The predicted molar refractivity (Wildman–Crippen MR) is 57.2 cm³/mol. The molecule has 1 aliphatic rings. The van der Waals surface area contributed by atoms with E-state index in [2.05, 4.69) is 15.9 Å². The van der Waals surface area contributed by atoms with Crippen LogP contribution in [0.5, 0.6) is 0 Å². The van der Waals surface area contributed by atoms with E-state index in [1.165, 1.54) is 0 Å². The number of amides is 1. The fraction of sp³-hybridized carbons (Fsp3) is 0.444. The van der Waals surface area contributed by atoms with E-state index in [9.17, 15) is 9.18 Å². The number of alkyl halides is 1. The second kappa shape index (κ2) is 3.98. The van der Waals surface area contributed by atoms with Gasteiger partial charge in [0.25, 0.3) is 0 Å². The van der Waals surface area contributed by atoms with Gasteiger partial charge in [0.2, 0.25) is 5.91 Å². The van der Waals surface area contributed by atoms with Crippen LogP contribution in [0.25, 0.3) is 0 Å². The van der Waals surface area contributed by atoms with Crippen molar-refractivity contribution in [2.45, 2.75) is 12.6 Å². The highest BCUT2D eigenvalue weighted by Gasteiger charge is 2.30. The van der Waals surface area contributed by atoms with Gasteiger partial charge < -0.3 is 4.90 Å². The van der Waals surface area contributed by atoms with E-state index in [-0.39, 0.29) is 19.0 Å². The number of nitrogens with zero attached hydrogens (tertiary/aromatic N) is 1. The van der Waals surface area contributed by atoms with Gasteiger partial charge in [0.1, 0.15) is 6.17 Å². The summed E-state index contributed by atoms with van der Waals surface area (Å²) >= 11 is 4.87. The Hall–Kier alpha value is -0.420. The van der Waals surface area contributed by atoms with E-state index >= 15 is 0 Å². The molecule has 1 aromatic heterocycles. The van der Waals surface area contributed by atoms with Crippen molar-refractivity contribution in [3.63, 3.8) is 0 Å². The maximum atomic E-state index is 12.5. The third-order valence-electron chi connectivity index (χ3n) is 2.14. The SMILES string of the molecule is O=C(Cc1cc(Br)cs1)N1CC(F)C1. The molecule has 0 spiro atoms. The van der Waals surface area contributed by atoms with Gasteiger partial charge in [0.15, 0.2) is 0 Å². The molecule has 14 heavy (non-hydrogen) atoms. The standard InChI is InChI=1S/C9H9BrFNOS/c10-6-1-8(14-5-6)2-9(13)12-3-7(11)4-12/h1,5,7H,2-4H2. The lowest BCUT2D eigenvalue weighted by molar-refractivity contribution is -0.137. The van der Waals surface area contributed by atoms with Gasteiger partial charge in [-0.25, -0.2) is 4.39 Å². The highest BCUT2D eigenvalue weighted by molar-refractivity contribution is 9.10. The van der Waals surface area contributed by atoms with Gasteiger partial charge in [0, 0.05) is 14.7 Å². The van der Waals surface area contributed by atoms with Crippen LogP contribution in [0.1, 0.15) is 4.88 Å². The number of hydrogen-bond donors (Lipinski definition) is 0. The molecule has 0 unspecified atom stereocenters. The molecular weight excluding hydrogens is 269 g/mol. The van der Waals surface area contributed by atoms with Gasteiger partial charge in [0.05, 0.1) is 19.5 Å². The Morgan fingerprint density at radius 1 is 1.71 bits per heavy atom. The topological polar surface area (TPSA) is 20.3 Å². The van der Waals surface area contributed by atoms with Crippen molar-refractivity contribution in [1.29, 1.82) is 0 Å². The quantitative estimate of drug-likeness (QED) is 0.812. The van der Waals surface area contributed by atoms with Gasteiger partial charge in [-0.2, -0.15) is 0 Å². The minimum atomic E-state index is -0.811. The molecule has 5 heteroatoms. The van der Waals surface area contributed by atoms with Crippen molar-refractivity contribution in [3.8, 4) is 0 Å². The lowest BCUT2D eigenvalue weighted by Gasteiger charge is -2.34. The molecule has 1 aliphatic heterocycles. The summed E-state index contributed by atoms with van der Waals surface area (Å²) in [6.45, 7) is 0.538. The monoisotopic (exact) mass is 277 g/mol. The first-order chi connectivity index (χ1) is 6.65. The summed E-state index contributed by atoms with van der Waals surface area (Å²) in [5.41, 5.74) is 0. The number of rotatable bonds is 2. The number of hydrogen-bond acceptors (Lipinski definition) is 2. The third kappa shape index (κ3) is 2.15. The van der Waals surface area contributed by atoms with Gasteiger partial charge in [-0.3, -0.25) is 4.79 Å². The Morgan fingerprint density at radius 3 is 2.93 bits per heavy atom. The van der Waals surface area contributed by atoms with Crippen molar-refractivity contribution >= 4 is 33.2 Å². The van der Waals surface area contributed by atoms with Gasteiger partial charge >= 0.3 is 0 Å². The normalized spacial score (nSPS) is 16.9. The van der Waals surface area contributed by atoms with Crippen LogP contribution in [0, 0.1) is 0 Å². The van der Waals surface area contributed by atoms with Crippen LogP contribution in [-0.2, 0) is 11.2 Å². The summed E-state index contributed by atoms with van der Waals surface area (Å²) in [6, 6.07) is 1.93. The lowest BCUT2D eigenvalue weighted by atomic mass is 10.1. The summed E-state index contributed by atoms with van der Waals surface area (Å²) in [4.78, 5) is 14.1. The molecule has 0 bridgehead atoms. The van der Waals surface area contributed by atoms with Crippen LogP contribution < -0.4 is 0 Å². The van der Waals surface area contributed by atoms with Crippen molar-refractivity contribution in [2.75, 3.05) is 13.1 Å². The van der Waals surface area contributed by atoms with Gasteiger partial charge in [-0.15, -0.1) is 11.3 Å². The number of halogens is 2. The van der Waals surface area contributed by atoms with Gasteiger partial charge in [-0.1, -0.05) is 0 Å². The molecule has 1 aromatic rings. The molecule has 0 atom stereocenters. The van der Waals surface area contributed by atoms with E-state index in [1.54, 1.807) is 16.2 Å². The zero-order valence-electron chi connectivity index (χ0n) is 7.37. The molecule has 0 saturated carbocycles. The summed E-state index contributed by atoms with van der Waals surface area (Å²) in [6.07, 6.45) is -0.419. The van der Waals surface area contributed by atoms with E-state index in [1.807, 2.05) is 11.4 Å². The lowest BCUT2D eigenvalue weighted by Crippen LogP contribution is -2.51. The van der Waals surface area contributed by atoms with Crippen LogP contribution in [0.4, 0.5) is 4.39 Å². The number of thiophene rings is 1. The minimum absolute atomic E-state index is 0.0215. The number of likely N-dealkylation sites (tertiary alicyclic amines) is 1. The molecule has 1 saturated heterocycles. The maximum Gasteiger partial charge on any atom is 0.228 e. The van der Waals surface area contributed by atoms with Crippen LogP contribution in [0.3, 0.4) is 0 Å². The highest BCUT2D eigenvalue weighted by atomic mass is 79.9. The van der Waals surface area contributed by atoms with E-state index < -0.39 is 6.17 Å². The predicted octanol–water partition coefficient (Wildman–Crippen LogP) is 2.23. The van der Waals surface area contributed by atoms with E-state index in [4.69, 9.17) is 0 Å². The van der Waals surface area contributed by atoms with Crippen LogP contribution in [-0.4, -0.2) is 30.1 Å². The Kier molecular flexibility index (Phi) is 2.88. The number of carbonyl (C=O) groups is 1. The minimum Gasteiger partial charge on any atom is -0.336 e. The fourth-order valence-electron chi connectivity index (χ4n) is 1.34. The molecular formula is C9H9BrFNOS. The van der Waals surface area contributed by atoms with Crippen LogP contribution in [0.15, 0.2) is 15.9 Å². The molecule has 0 aliphatic carbocycles. The van der Waals surface area contributed by atoms with E-state index in [0.29, 0.717) is 6.42 Å². The molecule has 76 valence electrons. The average molecular weight is 278 g/mol. The zero-order chi connectivity index (χ0) is 10.1. The first kappa shape index (κ1) is 10.1. The Balaban J connectivity index is 1.89. The fourth-order valence-corrected chi connectivity index (χ4v) is 2.78. The largest absolute Gasteiger partial charge is 0.336 e. The van der Waals surface area contributed by atoms with Crippen molar-refractivity contribution in [1.82, 2.24) is 4.90 Å². The van der Waals surface area contributed by atoms with Crippen molar-refractivity contribution in [2.24, 2.45) is 0 Å². The summed E-state index contributed by atoms with van der Waals surface area (Å²) in [5.74, 6) is 0.0215. The highest BCUT2D eigenvalue weighted by Crippen LogP contribution is 2.21. The van der Waals surface area contributed by atoms with Crippen molar-refractivity contribution < 1.29 is 9.18 Å². The molecule has 2 heterocycles. The molecule has 0 aromatic carbocycles. The summed E-state index contributed by atoms with van der Waals surface area (Å²) < 4.78 is 13.5. The van der Waals surface area contributed by atoms with Crippen LogP contribution in [0.2, 0.25) is 0 Å². The molecule has 2 nitrogen and oxygen atoms in total. The Bertz CT molecular complexity index is 348. The first-order valence-electron chi connectivity index (χ1n) is 4.30. The number of carbonyl (C=O) groups excluding carboxylic acids is 1. The average Bonchev–Trinajstić information content (AvgIpc) is 2.45. The molecule has 0 radical (unpaired) electrons. The van der Waals surface area contributed by atoms with E-state index in [0.717, 1.165) is 9.35 Å². The van der Waals surface area contributed by atoms with Crippen molar-refractivity contribution in [3.05, 3.63) is 20.8 Å². The Labute approximate surface area is 93.8 Å². The van der Waals surface area contributed by atoms with Gasteiger partial charge in [-0.05, 0) is 22.0 Å². The second-order valence-corrected chi connectivity index (χ2v) is 5.22. The molecule has 1 amide bonds.